The van der Waals surface area contributed by atoms with Gasteiger partial charge in [-0.3, -0.25) is 19.2 Å². The van der Waals surface area contributed by atoms with E-state index in [0.717, 1.165) is 11.8 Å². The fourth-order valence-electron chi connectivity index (χ4n) is 3.13. The Morgan fingerprint density at radius 2 is 1.34 bits per heavy atom. The van der Waals surface area contributed by atoms with E-state index in [2.05, 4.69) is 9.97 Å². The molecule has 1 aliphatic heterocycles. The zero-order valence-corrected chi connectivity index (χ0v) is 19.5. The number of hydrogen-bond donors (Lipinski definition) is 0. The molecule has 0 aliphatic carbocycles. The molecule has 1 aromatic rings. The van der Waals surface area contributed by atoms with Gasteiger partial charge in [0.15, 0.2) is 28.9 Å². The van der Waals surface area contributed by atoms with E-state index in [-0.39, 0.29) is 6.61 Å². The van der Waals surface area contributed by atoms with E-state index in [1.165, 1.54) is 27.7 Å². The van der Waals surface area contributed by atoms with E-state index in [9.17, 15) is 19.2 Å². The molecular formula is C20H26N2O9S. The molecule has 0 bridgehead atoms. The zero-order chi connectivity index (χ0) is 24.0. The molecule has 1 fully saturated rings. The summed E-state index contributed by atoms with van der Waals surface area (Å²) in [5, 5.41) is 0.336. The normalized spacial score (nSPS) is 24.9. The Labute approximate surface area is 189 Å². The molecule has 2 rings (SSSR count). The molecule has 5 atom stereocenters. The van der Waals surface area contributed by atoms with Gasteiger partial charge in [-0.1, -0.05) is 11.8 Å². The summed E-state index contributed by atoms with van der Waals surface area (Å²) in [6, 6.07) is 1.79. The first kappa shape index (κ1) is 25.5. The van der Waals surface area contributed by atoms with E-state index < -0.39 is 53.7 Å². The van der Waals surface area contributed by atoms with E-state index >= 15 is 0 Å². The van der Waals surface area contributed by atoms with Gasteiger partial charge in [0.2, 0.25) is 0 Å². The van der Waals surface area contributed by atoms with Crippen LogP contribution in [0, 0.1) is 13.8 Å². The highest BCUT2D eigenvalue weighted by molar-refractivity contribution is 7.99. The average Bonchev–Trinajstić information content (AvgIpc) is 2.63. The molecular weight excluding hydrogens is 444 g/mol. The fourth-order valence-corrected chi connectivity index (χ4v) is 4.28. The molecule has 0 spiro atoms. The van der Waals surface area contributed by atoms with Gasteiger partial charge in [-0.25, -0.2) is 9.97 Å². The van der Waals surface area contributed by atoms with Crippen molar-refractivity contribution in [3.8, 4) is 0 Å². The number of hydrogen-bond acceptors (Lipinski definition) is 12. The summed E-state index contributed by atoms with van der Waals surface area (Å²) in [4.78, 5) is 55.5. The Morgan fingerprint density at radius 1 is 0.844 bits per heavy atom. The van der Waals surface area contributed by atoms with Crippen LogP contribution in [0.1, 0.15) is 39.1 Å². The quantitative estimate of drug-likeness (QED) is 0.322. The summed E-state index contributed by atoms with van der Waals surface area (Å²) in [5.41, 5.74) is 0.466. The summed E-state index contributed by atoms with van der Waals surface area (Å²) in [6.07, 6.45) is -4.60. The van der Waals surface area contributed by atoms with Gasteiger partial charge in [-0.2, -0.15) is 0 Å². The van der Waals surface area contributed by atoms with Crippen molar-refractivity contribution >= 4 is 35.6 Å². The molecule has 0 amide bonds. The number of aromatic nitrogens is 2. The molecule has 0 saturated carbocycles. The molecule has 1 aliphatic rings. The van der Waals surface area contributed by atoms with E-state index in [1.54, 1.807) is 19.9 Å². The number of nitrogens with zero attached hydrogens (tertiary/aromatic N) is 2. The third-order valence-electron chi connectivity index (χ3n) is 4.13. The first-order valence-corrected chi connectivity index (χ1v) is 10.6. The maximum Gasteiger partial charge on any atom is 0.303 e. The summed E-state index contributed by atoms with van der Waals surface area (Å²) in [6.45, 7) is 8.04. The lowest BCUT2D eigenvalue weighted by molar-refractivity contribution is -0.237. The highest BCUT2D eigenvalue weighted by Gasteiger charge is 2.52. The van der Waals surface area contributed by atoms with Crippen molar-refractivity contribution in [3.05, 3.63) is 17.5 Å². The van der Waals surface area contributed by atoms with Gasteiger partial charge in [-0.05, 0) is 19.9 Å². The Balaban J connectivity index is 2.47. The highest BCUT2D eigenvalue weighted by atomic mass is 32.2. The standard InChI is InChI=1S/C20H26N2O9S/c1-9-7-10(2)22-20(21-9)32-19-18(30-14(6)26)17(29-13(5)25)16(28-12(4)24)15(31-19)8-27-11(3)23/h7,15-19H,8H2,1-6H3. The maximum absolute atomic E-state index is 11.8. The molecule has 2 heterocycles. The molecule has 11 nitrogen and oxygen atoms in total. The minimum absolute atomic E-state index is 0.289. The minimum Gasteiger partial charge on any atom is -0.463 e. The number of ether oxygens (including phenoxy) is 5. The third-order valence-corrected chi connectivity index (χ3v) is 5.14. The largest absolute Gasteiger partial charge is 0.463 e. The average molecular weight is 471 g/mol. The molecule has 5 unspecified atom stereocenters. The number of thioether (sulfide) groups is 1. The molecule has 176 valence electrons. The van der Waals surface area contributed by atoms with E-state index in [0.29, 0.717) is 16.5 Å². The van der Waals surface area contributed by atoms with Crippen LogP contribution in [0.4, 0.5) is 0 Å². The van der Waals surface area contributed by atoms with Gasteiger partial charge in [0, 0.05) is 39.1 Å². The van der Waals surface area contributed by atoms with Crippen molar-refractivity contribution in [2.75, 3.05) is 6.61 Å². The fraction of sp³-hybridized carbons (Fsp3) is 0.600. The first-order valence-electron chi connectivity index (χ1n) is 9.75. The molecule has 0 N–H and O–H groups in total. The van der Waals surface area contributed by atoms with E-state index in [4.69, 9.17) is 23.7 Å². The first-order chi connectivity index (χ1) is 15.0. The van der Waals surface area contributed by atoms with Gasteiger partial charge in [0.1, 0.15) is 12.7 Å². The van der Waals surface area contributed by atoms with Crippen LogP contribution >= 0.6 is 11.8 Å². The highest BCUT2D eigenvalue weighted by Crippen LogP contribution is 2.36. The van der Waals surface area contributed by atoms with Crippen LogP contribution in [0.3, 0.4) is 0 Å². The molecule has 32 heavy (non-hydrogen) atoms. The van der Waals surface area contributed by atoms with Crippen LogP contribution in [0.15, 0.2) is 11.2 Å². The molecule has 1 aromatic heterocycles. The molecule has 12 heteroatoms. The smallest absolute Gasteiger partial charge is 0.303 e. The van der Waals surface area contributed by atoms with Gasteiger partial charge < -0.3 is 23.7 Å². The van der Waals surface area contributed by atoms with E-state index in [1.807, 2.05) is 0 Å². The van der Waals surface area contributed by atoms with Crippen LogP contribution in [0.5, 0.6) is 0 Å². The SMILES string of the molecule is CC(=O)OCC1OC(Sc2nc(C)cc(C)n2)C(OC(C)=O)C(OC(C)=O)C1OC(C)=O. The van der Waals surface area contributed by atoms with Crippen LogP contribution in [-0.2, 0) is 42.9 Å². The second-order valence-corrected chi connectivity index (χ2v) is 8.18. The van der Waals surface area contributed by atoms with Crippen LogP contribution < -0.4 is 0 Å². The second-order valence-electron chi connectivity index (χ2n) is 7.12. The van der Waals surface area contributed by atoms with Crippen molar-refractivity contribution in [1.29, 1.82) is 0 Å². The number of rotatable bonds is 7. The Hall–Kier alpha value is -2.73. The zero-order valence-electron chi connectivity index (χ0n) is 18.6. The van der Waals surface area contributed by atoms with Crippen LogP contribution in [-0.4, -0.2) is 70.3 Å². The monoisotopic (exact) mass is 470 g/mol. The predicted molar refractivity (Wildman–Crippen MR) is 109 cm³/mol. The number of carbonyl (C=O) groups is 4. The van der Waals surface area contributed by atoms with Crippen molar-refractivity contribution in [1.82, 2.24) is 9.97 Å². The molecule has 0 radical (unpaired) electrons. The Morgan fingerprint density at radius 3 is 1.84 bits per heavy atom. The third kappa shape index (κ3) is 7.45. The minimum atomic E-state index is -1.22. The van der Waals surface area contributed by atoms with Crippen molar-refractivity contribution in [2.24, 2.45) is 0 Å². The predicted octanol–water partition coefficient (Wildman–Crippen LogP) is 1.27. The van der Waals surface area contributed by atoms with Crippen molar-refractivity contribution in [3.63, 3.8) is 0 Å². The number of carbonyl (C=O) groups excluding carboxylic acids is 4. The summed E-state index contributed by atoms with van der Waals surface area (Å²) in [5.74, 6) is -2.62. The summed E-state index contributed by atoms with van der Waals surface area (Å²) < 4.78 is 27.2. The van der Waals surface area contributed by atoms with Crippen LogP contribution in [0.2, 0.25) is 0 Å². The number of aryl methyl sites for hydroxylation is 2. The van der Waals surface area contributed by atoms with Gasteiger partial charge in [0.25, 0.3) is 0 Å². The lowest BCUT2D eigenvalue weighted by Crippen LogP contribution is -2.61. The lowest BCUT2D eigenvalue weighted by Gasteiger charge is -2.43. The number of esters is 4. The second kappa shape index (κ2) is 11.2. The molecule has 1 saturated heterocycles. The Bertz CT molecular complexity index is 858. The summed E-state index contributed by atoms with van der Waals surface area (Å²) in [7, 11) is 0. The topological polar surface area (TPSA) is 140 Å². The van der Waals surface area contributed by atoms with Gasteiger partial charge >= 0.3 is 23.9 Å². The molecule has 0 aromatic carbocycles. The Kier molecular flexibility index (Phi) is 8.96. The van der Waals surface area contributed by atoms with Crippen molar-refractivity contribution < 1.29 is 42.9 Å². The summed E-state index contributed by atoms with van der Waals surface area (Å²) >= 11 is 1.04. The lowest BCUT2D eigenvalue weighted by atomic mass is 9.99. The van der Waals surface area contributed by atoms with Crippen LogP contribution in [0.25, 0.3) is 0 Å². The van der Waals surface area contributed by atoms with Crippen molar-refractivity contribution in [2.45, 2.75) is 76.6 Å². The van der Waals surface area contributed by atoms with Gasteiger partial charge in [0.05, 0.1) is 0 Å². The van der Waals surface area contributed by atoms with Gasteiger partial charge in [-0.15, -0.1) is 0 Å². The maximum atomic E-state index is 11.8.